The van der Waals surface area contributed by atoms with Gasteiger partial charge in [-0.15, -0.1) is 0 Å². The van der Waals surface area contributed by atoms with E-state index in [1.807, 2.05) is 0 Å². The van der Waals surface area contributed by atoms with Crippen LogP contribution in [0.15, 0.2) is 35.2 Å². The number of alkyl halides is 1. The Hall–Kier alpha value is -2.50. The lowest BCUT2D eigenvalue weighted by Gasteiger charge is -2.31. The van der Waals surface area contributed by atoms with E-state index in [0.717, 1.165) is 16.4 Å². The van der Waals surface area contributed by atoms with Crippen LogP contribution in [0.3, 0.4) is 0 Å². The molecule has 33 heavy (non-hydrogen) atoms. The summed E-state index contributed by atoms with van der Waals surface area (Å²) in [5, 5.41) is 12.5. The summed E-state index contributed by atoms with van der Waals surface area (Å²) in [5.74, 6) is -5.62. The fourth-order valence-electron chi connectivity index (χ4n) is 3.65. The molecule has 180 valence electrons. The lowest BCUT2D eigenvalue weighted by atomic mass is 9.94. The molecule has 2 aromatic rings. The van der Waals surface area contributed by atoms with Crippen molar-refractivity contribution in [2.45, 2.75) is 49.8 Å². The monoisotopic (exact) mass is 488 g/mol. The van der Waals surface area contributed by atoms with Crippen LogP contribution in [0, 0.1) is 17.5 Å². The molecule has 0 aliphatic carbocycles. The number of benzene rings is 2. The summed E-state index contributed by atoms with van der Waals surface area (Å²) in [4.78, 5) is 12.2. The number of carbonyl (C=O) groups is 1. The number of amides is 1. The lowest BCUT2D eigenvalue weighted by Crippen LogP contribution is -2.39. The molecule has 2 aromatic carbocycles. The van der Waals surface area contributed by atoms with Crippen molar-refractivity contribution in [1.82, 2.24) is 4.31 Å². The Morgan fingerprint density at radius 1 is 1.09 bits per heavy atom. The average Bonchev–Trinajstić information content (AvgIpc) is 2.74. The van der Waals surface area contributed by atoms with Gasteiger partial charge in [0.15, 0.2) is 17.5 Å². The topological polar surface area (TPSA) is 86.7 Å². The predicted molar refractivity (Wildman–Crippen MR) is 113 cm³/mol. The summed E-state index contributed by atoms with van der Waals surface area (Å²) in [5.41, 5.74) is -1.76. The largest absolute Gasteiger partial charge is 0.390 e. The van der Waals surface area contributed by atoms with Gasteiger partial charge in [-0.25, -0.2) is 26.0 Å². The Labute approximate surface area is 189 Å². The van der Waals surface area contributed by atoms with Gasteiger partial charge in [0.05, 0.1) is 10.5 Å². The van der Waals surface area contributed by atoms with Crippen molar-refractivity contribution in [2.75, 3.05) is 18.4 Å². The molecule has 1 aliphatic heterocycles. The standard InChI is InChI=1S/C22H24F4N2O4S/c1-22(30)6-2-3-8-28(9-7-22)33(31,32)19-10-14(4-5-15(19)13-23)21(29)27-16-11-17(24)20(26)18(25)12-16/h4-5,10-12,30H,2-3,6-9,13H2,1H3,(H,27,29). The first-order valence-electron chi connectivity index (χ1n) is 10.3. The number of sulfonamides is 1. The maximum Gasteiger partial charge on any atom is 0.255 e. The molecule has 11 heteroatoms. The Morgan fingerprint density at radius 2 is 1.76 bits per heavy atom. The van der Waals surface area contributed by atoms with E-state index in [2.05, 4.69) is 5.32 Å². The van der Waals surface area contributed by atoms with E-state index in [-0.39, 0.29) is 36.3 Å². The van der Waals surface area contributed by atoms with Crippen LogP contribution in [-0.2, 0) is 16.7 Å². The van der Waals surface area contributed by atoms with E-state index in [9.17, 15) is 35.9 Å². The molecule has 1 heterocycles. The molecule has 6 nitrogen and oxygen atoms in total. The van der Waals surface area contributed by atoms with Crippen LogP contribution >= 0.6 is 0 Å². The highest BCUT2D eigenvalue weighted by atomic mass is 32.2. The zero-order valence-corrected chi connectivity index (χ0v) is 18.7. The zero-order valence-electron chi connectivity index (χ0n) is 17.9. The van der Waals surface area contributed by atoms with Crippen LogP contribution in [0.2, 0.25) is 0 Å². The number of nitrogens with one attached hydrogen (secondary N) is 1. The van der Waals surface area contributed by atoms with Gasteiger partial charge in [-0.2, -0.15) is 4.31 Å². The molecule has 0 bridgehead atoms. The van der Waals surface area contributed by atoms with Crippen molar-refractivity contribution in [3.05, 3.63) is 58.9 Å². The van der Waals surface area contributed by atoms with Crippen molar-refractivity contribution < 1.29 is 35.9 Å². The Balaban J connectivity index is 1.92. The molecule has 1 atom stereocenters. The molecule has 0 spiro atoms. The van der Waals surface area contributed by atoms with Crippen LogP contribution in [0.1, 0.15) is 48.5 Å². The summed E-state index contributed by atoms with van der Waals surface area (Å²) in [6.07, 6.45) is 1.85. The second kappa shape index (κ2) is 9.78. The third-order valence-electron chi connectivity index (χ3n) is 5.61. The summed E-state index contributed by atoms with van der Waals surface area (Å²) in [7, 11) is -4.21. The van der Waals surface area contributed by atoms with Crippen molar-refractivity contribution in [1.29, 1.82) is 0 Å². The molecule has 0 saturated carbocycles. The van der Waals surface area contributed by atoms with Gasteiger partial charge in [0.25, 0.3) is 5.91 Å². The molecule has 0 radical (unpaired) electrons. The molecule has 0 aromatic heterocycles. The normalized spacial score (nSPS) is 20.2. The first-order chi connectivity index (χ1) is 15.4. The SMILES string of the molecule is CC1(O)CCCCN(S(=O)(=O)c2cc(C(=O)Nc3cc(F)c(F)c(F)c3)ccc2CF)CC1. The maximum atomic E-state index is 13.6. The highest BCUT2D eigenvalue weighted by molar-refractivity contribution is 7.89. The van der Waals surface area contributed by atoms with Gasteiger partial charge in [-0.05, 0) is 44.7 Å². The highest BCUT2D eigenvalue weighted by Gasteiger charge is 2.32. The minimum absolute atomic E-state index is 0.0195. The van der Waals surface area contributed by atoms with Gasteiger partial charge in [-0.3, -0.25) is 4.79 Å². The number of aliphatic hydroxyl groups is 1. The zero-order chi connectivity index (χ0) is 24.4. The third kappa shape index (κ3) is 5.71. The molecular formula is C22H24F4N2O4S. The van der Waals surface area contributed by atoms with Crippen LogP contribution in [0.5, 0.6) is 0 Å². The number of carbonyl (C=O) groups excluding carboxylic acids is 1. The fourth-order valence-corrected chi connectivity index (χ4v) is 5.36. The average molecular weight is 489 g/mol. The van der Waals surface area contributed by atoms with E-state index >= 15 is 0 Å². The number of hydrogen-bond donors (Lipinski definition) is 2. The Morgan fingerprint density at radius 3 is 2.39 bits per heavy atom. The van der Waals surface area contributed by atoms with E-state index < -0.39 is 50.6 Å². The van der Waals surface area contributed by atoms with Crippen molar-refractivity contribution in [3.8, 4) is 0 Å². The minimum atomic E-state index is -4.21. The number of rotatable bonds is 5. The molecule has 2 N–H and O–H groups in total. The van der Waals surface area contributed by atoms with E-state index in [1.165, 1.54) is 6.07 Å². The molecule has 1 saturated heterocycles. The Kier molecular flexibility index (Phi) is 7.45. The second-order valence-electron chi connectivity index (χ2n) is 8.27. The smallest absolute Gasteiger partial charge is 0.255 e. The number of nitrogens with zero attached hydrogens (tertiary/aromatic N) is 1. The third-order valence-corrected chi connectivity index (χ3v) is 7.59. The first-order valence-corrected chi connectivity index (χ1v) is 11.8. The predicted octanol–water partition coefficient (Wildman–Crippen LogP) is 4.14. The van der Waals surface area contributed by atoms with Crippen molar-refractivity contribution in [3.63, 3.8) is 0 Å². The van der Waals surface area contributed by atoms with Crippen molar-refractivity contribution in [2.24, 2.45) is 0 Å². The molecular weight excluding hydrogens is 464 g/mol. The van der Waals surface area contributed by atoms with Gasteiger partial charge < -0.3 is 10.4 Å². The van der Waals surface area contributed by atoms with E-state index in [0.29, 0.717) is 31.4 Å². The summed E-state index contributed by atoms with van der Waals surface area (Å²) < 4.78 is 81.4. The minimum Gasteiger partial charge on any atom is -0.390 e. The van der Waals surface area contributed by atoms with Crippen LogP contribution in [-0.4, -0.2) is 42.4 Å². The van der Waals surface area contributed by atoms with Crippen LogP contribution < -0.4 is 5.32 Å². The fraction of sp³-hybridized carbons (Fsp3) is 0.409. The van der Waals surface area contributed by atoms with Crippen LogP contribution in [0.4, 0.5) is 23.2 Å². The molecule has 1 aliphatic rings. The highest BCUT2D eigenvalue weighted by Crippen LogP contribution is 2.28. The number of hydrogen-bond acceptors (Lipinski definition) is 4. The maximum absolute atomic E-state index is 13.6. The second-order valence-corrected chi connectivity index (χ2v) is 10.2. The summed E-state index contributed by atoms with van der Waals surface area (Å²) in [6.45, 7) is 0.721. The molecule has 1 unspecified atom stereocenters. The molecule has 1 amide bonds. The number of halogens is 4. The van der Waals surface area contributed by atoms with E-state index in [1.54, 1.807) is 6.92 Å². The molecule has 3 rings (SSSR count). The summed E-state index contributed by atoms with van der Waals surface area (Å²) >= 11 is 0. The lowest BCUT2D eigenvalue weighted by molar-refractivity contribution is 0.0289. The van der Waals surface area contributed by atoms with Gasteiger partial charge >= 0.3 is 0 Å². The molecule has 1 fully saturated rings. The quantitative estimate of drug-likeness (QED) is 0.489. The van der Waals surface area contributed by atoms with Crippen LogP contribution in [0.25, 0.3) is 0 Å². The van der Waals surface area contributed by atoms with E-state index in [4.69, 9.17) is 0 Å². The van der Waals surface area contributed by atoms with Gasteiger partial charge in [0.2, 0.25) is 10.0 Å². The number of anilines is 1. The Bertz CT molecular complexity index is 1130. The van der Waals surface area contributed by atoms with Crippen molar-refractivity contribution >= 4 is 21.6 Å². The van der Waals surface area contributed by atoms with Gasteiger partial charge in [-0.1, -0.05) is 6.07 Å². The van der Waals surface area contributed by atoms with Gasteiger partial charge in [0.1, 0.15) is 6.67 Å². The first kappa shape index (κ1) is 25.1. The van der Waals surface area contributed by atoms with Gasteiger partial charge in [0, 0.05) is 42.0 Å². The summed E-state index contributed by atoms with van der Waals surface area (Å²) in [6, 6.07) is 4.48.